The van der Waals surface area contributed by atoms with Crippen molar-refractivity contribution in [3.63, 3.8) is 0 Å². The first-order chi connectivity index (χ1) is 14.2. The van der Waals surface area contributed by atoms with Gasteiger partial charge in [-0.15, -0.1) is 0 Å². The van der Waals surface area contributed by atoms with Crippen LogP contribution in [-0.2, 0) is 14.4 Å². The van der Waals surface area contributed by atoms with Gasteiger partial charge in [-0.25, -0.2) is 4.39 Å². The molecule has 0 radical (unpaired) electrons. The number of aldehydes is 2. The highest BCUT2D eigenvalue weighted by Crippen LogP contribution is 2.28. The molecule has 0 bridgehead atoms. The van der Waals surface area contributed by atoms with E-state index in [1.54, 1.807) is 11.0 Å². The number of amides is 1. The van der Waals surface area contributed by atoms with Crippen LogP contribution in [0.15, 0.2) is 35.7 Å². The van der Waals surface area contributed by atoms with E-state index in [-0.39, 0.29) is 24.0 Å². The van der Waals surface area contributed by atoms with Crippen LogP contribution in [0.5, 0.6) is 0 Å². The van der Waals surface area contributed by atoms with Gasteiger partial charge < -0.3 is 14.8 Å². The van der Waals surface area contributed by atoms with Crippen LogP contribution in [0.3, 0.4) is 0 Å². The lowest BCUT2D eigenvalue weighted by atomic mass is 9.85. The molecule has 1 saturated heterocycles. The number of benzene rings is 1. The number of piperazine rings is 1. The van der Waals surface area contributed by atoms with Gasteiger partial charge in [-0.05, 0) is 17.5 Å². The van der Waals surface area contributed by atoms with E-state index in [1.165, 1.54) is 23.2 Å². The fraction of sp³-hybridized carbons (Fsp3) is 0.364. The molecule has 7 nitrogen and oxygen atoms in total. The molecule has 1 amide bonds. The number of aromatic amines is 1. The van der Waals surface area contributed by atoms with Crippen molar-refractivity contribution in [2.45, 2.75) is 20.8 Å². The second kappa shape index (κ2) is 8.22. The summed E-state index contributed by atoms with van der Waals surface area (Å²) in [7, 11) is 0. The Morgan fingerprint density at radius 2 is 1.67 bits per heavy atom. The topological polar surface area (TPSA) is 90.6 Å². The van der Waals surface area contributed by atoms with E-state index >= 15 is 0 Å². The first kappa shape index (κ1) is 21.4. The predicted octanol–water partition coefficient (Wildman–Crippen LogP) is 2.33. The van der Waals surface area contributed by atoms with Gasteiger partial charge in [0.05, 0.1) is 11.3 Å². The maximum Gasteiger partial charge on any atom is 0.295 e. The monoisotopic (exact) mass is 413 g/mol. The lowest BCUT2D eigenvalue weighted by molar-refractivity contribution is -0.128. The summed E-state index contributed by atoms with van der Waals surface area (Å²) in [5, 5.41) is 0.0986. The van der Waals surface area contributed by atoms with Crippen molar-refractivity contribution in [3.05, 3.63) is 47.0 Å². The Labute approximate surface area is 173 Å². The zero-order chi connectivity index (χ0) is 22.1. The van der Waals surface area contributed by atoms with E-state index in [1.807, 2.05) is 20.8 Å². The normalized spacial score (nSPS) is 15.7. The predicted molar refractivity (Wildman–Crippen MR) is 109 cm³/mol. The van der Waals surface area contributed by atoms with E-state index in [0.717, 1.165) is 0 Å². The molecule has 1 aliphatic rings. The molecule has 2 heterocycles. The molecule has 0 atom stereocenters. The SMILES string of the molecule is CC(C)(C)/C(C=O)=C(/C=O)N1CCN(C(=O)C(=O)c2c[nH]c3cccc(F)c23)CC1. The van der Waals surface area contributed by atoms with E-state index in [2.05, 4.69) is 4.98 Å². The number of nitrogens with zero attached hydrogens (tertiary/aromatic N) is 2. The van der Waals surface area contributed by atoms with E-state index in [4.69, 9.17) is 0 Å². The molecule has 158 valence electrons. The Bertz CT molecular complexity index is 1040. The standard InChI is InChI=1S/C22H24FN3O4/c1-22(2,3)15(12-27)18(13-28)25-7-9-26(10-8-25)21(30)20(29)14-11-24-17-6-4-5-16(23)19(14)17/h4-6,11-13,24H,7-10H2,1-3H3/b18-15-. The van der Waals surface area contributed by atoms with Crippen molar-refractivity contribution in [3.8, 4) is 0 Å². The number of hydrogen-bond acceptors (Lipinski definition) is 5. The van der Waals surface area contributed by atoms with Crippen molar-refractivity contribution in [2.24, 2.45) is 5.41 Å². The molecule has 1 aliphatic heterocycles. The number of nitrogens with one attached hydrogen (secondary N) is 1. The zero-order valence-corrected chi connectivity index (χ0v) is 17.2. The summed E-state index contributed by atoms with van der Waals surface area (Å²) in [6.45, 7) is 6.58. The molecule has 0 aliphatic carbocycles. The second-order valence-electron chi connectivity index (χ2n) is 8.26. The number of ketones is 1. The first-order valence-corrected chi connectivity index (χ1v) is 9.68. The summed E-state index contributed by atoms with van der Waals surface area (Å²) in [5.41, 5.74) is 0.637. The Balaban J connectivity index is 1.77. The van der Waals surface area contributed by atoms with Gasteiger partial charge in [0.2, 0.25) is 0 Å². The molecule has 1 N–H and O–H groups in total. The van der Waals surface area contributed by atoms with Gasteiger partial charge in [0.15, 0.2) is 6.29 Å². The Kier molecular flexibility index (Phi) is 5.87. The van der Waals surface area contributed by atoms with Crippen molar-refractivity contribution in [1.82, 2.24) is 14.8 Å². The van der Waals surface area contributed by atoms with Crippen molar-refractivity contribution in [2.75, 3.05) is 26.2 Å². The zero-order valence-electron chi connectivity index (χ0n) is 17.2. The quantitative estimate of drug-likeness (QED) is 0.352. The fourth-order valence-corrected chi connectivity index (χ4v) is 3.66. The average Bonchev–Trinajstić information content (AvgIpc) is 3.15. The second-order valence-corrected chi connectivity index (χ2v) is 8.26. The molecule has 30 heavy (non-hydrogen) atoms. The number of halogens is 1. The third-order valence-corrected chi connectivity index (χ3v) is 5.31. The van der Waals surface area contributed by atoms with Crippen LogP contribution in [0.2, 0.25) is 0 Å². The minimum Gasteiger partial charge on any atom is -0.365 e. The van der Waals surface area contributed by atoms with Crippen LogP contribution in [0, 0.1) is 11.2 Å². The molecular formula is C22H24FN3O4. The van der Waals surface area contributed by atoms with Gasteiger partial charge in [0.1, 0.15) is 12.1 Å². The Hall–Kier alpha value is -3.29. The minimum atomic E-state index is -0.783. The van der Waals surface area contributed by atoms with Crippen LogP contribution >= 0.6 is 0 Å². The van der Waals surface area contributed by atoms with Gasteiger partial charge >= 0.3 is 0 Å². The molecular weight excluding hydrogens is 389 g/mol. The van der Waals surface area contributed by atoms with Crippen LogP contribution in [0.25, 0.3) is 10.9 Å². The largest absolute Gasteiger partial charge is 0.365 e. The van der Waals surface area contributed by atoms with Crippen molar-refractivity contribution < 1.29 is 23.6 Å². The van der Waals surface area contributed by atoms with Crippen LogP contribution in [-0.4, -0.2) is 65.2 Å². The van der Waals surface area contributed by atoms with Crippen LogP contribution in [0.4, 0.5) is 4.39 Å². The number of Topliss-reactive ketones (excluding diaryl/α,β-unsaturated/α-hetero) is 1. The van der Waals surface area contributed by atoms with Crippen LogP contribution < -0.4 is 0 Å². The molecule has 8 heteroatoms. The maximum absolute atomic E-state index is 14.2. The number of carbonyl (C=O) groups excluding carboxylic acids is 4. The number of H-pyrrole nitrogens is 1. The Morgan fingerprint density at radius 3 is 2.23 bits per heavy atom. The number of allylic oxidation sites excluding steroid dienone is 2. The number of hydrogen-bond donors (Lipinski definition) is 1. The van der Waals surface area contributed by atoms with Crippen molar-refractivity contribution in [1.29, 1.82) is 0 Å². The van der Waals surface area contributed by atoms with Gasteiger partial charge in [-0.3, -0.25) is 19.2 Å². The molecule has 0 unspecified atom stereocenters. The molecule has 0 saturated carbocycles. The highest BCUT2D eigenvalue weighted by Gasteiger charge is 2.31. The molecule has 0 spiro atoms. The van der Waals surface area contributed by atoms with E-state index < -0.39 is 22.9 Å². The molecule has 3 rings (SSSR count). The van der Waals surface area contributed by atoms with Gasteiger partial charge in [0.25, 0.3) is 11.7 Å². The number of fused-ring (bicyclic) bond motifs is 1. The van der Waals surface area contributed by atoms with Gasteiger partial charge in [-0.2, -0.15) is 0 Å². The summed E-state index contributed by atoms with van der Waals surface area (Å²) in [6, 6.07) is 4.39. The van der Waals surface area contributed by atoms with Gasteiger partial charge in [0, 0.05) is 48.9 Å². The maximum atomic E-state index is 14.2. The van der Waals surface area contributed by atoms with E-state index in [0.29, 0.717) is 42.4 Å². The number of carbonyl (C=O) groups is 4. The third kappa shape index (κ3) is 3.90. The molecule has 1 aromatic heterocycles. The summed E-state index contributed by atoms with van der Waals surface area (Å²) in [6.07, 6.45) is 2.69. The highest BCUT2D eigenvalue weighted by molar-refractivity contribution is 6.44. The Morgan fingerprint density at radius 1 is 1.03 bits per heavy atom. The third-order valence-electron chi connectivity index (χ3n) is 5.31. The van der Waals surface area contributed by atoms with Gasteiger partial charge in [-0.1, -0.05) is 26.8 Å². The number of aromatic nitrogens is 1. The summed E-state index contributed by atoms with van der Waals surface area (Å²) in [4.78, 5) is 54.6. The molecule has 1 fully saturated rings. The lowest BCUT2D eigenvalue weighted by Crippen LogP contribution is -2.50. The first-order valence-electron chi connectivity index (χ1n) is 9.68. The molecule has 2 aromatic rings. The van der Waals surface area contributed by atoms with Crippen LogP contribution in [0.1, 0.15) is 31.1 Å². The summed E-state index contributed by atoms with van der Waals surface area (Å²) < 4.78 is 14.2. The lowest BCUT2D eigenvalue weighted by Gasteiger charge is -2.37. The summed E-state index contributed by atoms with van der Waals surface area (Å²) >= 11 is 0. The smallest absolute Gasteiger partial charge is 0.295 e. The number of rotatable bonds is 5. The fourth-order valence-electron chi connectivity index (χ4n) is 3.66. The average molecular weight is 413 g/mol. The molecule has 1 aromatic carbocycles. The van der Waals surface area contributed by atoms with E-state index in [9.17, 15) is 23.6 Å². The minimum absolute atomic E-state index is 0.0000188. The van der Waals surface area contributed by atoms with Crippen molar-refractivity contribution >= 4 is 35.2 Å². The highest BCUT2D eigenvalue weighted by atomic mass is 19.1. The summed E-state index contributed by atoms with van der Waals surface area (Å²) in [5.74, 6) is -2.07.